The predicted molar refractivity (Wildman–Crippen MR) is 104 cm³/mol. The molecule has 0 bridgehead atoms. The fourth-order valence-electron chi connectivity index (χ4n) is 2.79. The minimum atomic E-state index is -1.01. The number of benzene rings is 2. The average Bonchev–Trinajstić information content (AvgIpc) is 2.62. The minimum absolute atomic E-state index is 0.189. The van der Waals surface area contributed by atoms with E-state index in [4.69, 9.17) is 5.11 Å². The number of carboxylic acid groups (broad SMARTS) is 1. The lowest BCUT2D eigenvalue weighted by Gasteiger charge is -2.18. The van der Waals surface area contributed by atoms with E-state index in [-0.39, 0.29) is 23.8 Å². The van der Waals surface area contributed by atoms with Gasteiger partial charge in [0.05, 0.1) is 12.0 Å². The van der Waals surface area contributed by atoms with Gasteiger partial charge in [-0.25, -0.2) is 4.79 Å². The molecule has 2 rings (SSSR count). The number of rotatable bonds is 8. The van der Waals surface area contributed by atoms with E-state index in [1.165, 1.54) is 6.07 Å². The van der Waals surface area contributed by atoms with Gasteiger partial charge in [-0.1, -0.05) is 43.7 Å². The summed E-state index contributed by atoms with van der Waals surface area (Å²) in [6, 6.07) is 13.3. The molecule has 2 aromatic rings. The number of aryl methyl sites for hydroxylation is 1. The second-order valence-electron chi connectivity index (χ2n) is 6.40. The van der Waals surface area contributed by atoms with Crippen molar-refractivity contribution in [1.82, 2.24) is 5.32 Å². The van der Waals surface area contributed by atoms with Crippen molar-refractivity contribution in [3.05, 3.63) is 65.2 Å². The Labute approximate surface area is 158 Å². The molecule has 0 fully saturated rings. The van der Waals surface area contributed by atoms with Crippen molar-refractivity contribution >= 4 is 23.5 Å². The molecule has 0 saturated carbocycles. The summed E-state index contributed by atoms with van der Waals surface area (Å²) in [6.07, 6.45) is 1.46. The first-order valence-electron chi connectivity index (χ1n) is 8.88. The Balaban J connectivity index is 2.02. The lowest BCUT2D eigenvalue weighted by atomic mass is 10.1. The van der Waals surface area contributed by atoms with Crippen molar-refractivity contribution < 1.29 is 19.5 Å². The number of nitrogens with one attached hydrogen (secondary N) is 2. The monoisotopic (exact) mass is 368 g/mol. The van der Waals surface area contributed by atoms with Crippen LogP contribution >= 0.6 is 0 Å². The van der Waals surface area contributed by atoms with Gasteiger partial charge in [0.15, 0.2) is 0 Å². The van der Waals surface area contributed by atoms with Crippen LogP contribution < -0.4 is 10.6 Å². The van der Waals surface area contributed by atoms with Gasteiger partial charge in [-0.05, 0) is 42.7 Å². The molecule has 3 N–H and O–H groups in total. The molecular weight excluding hydrogens is 344 g/mol. The van der Waals surface area contributed by atoms with E-state index in [2.05, 4.69) is 10.6 Å². The van der Waals surface area contributed by atoms with Crippen molar-refractivity contribution in [3.8, 4) is 0 Å². The molecule has 0 aliphatic heterocycles. The van der Waals surface area contributed by atoms with Crippen molar-refractivity contribution in [2.75, 3.05) is 5.32 Å². The summed E-state index contributed by atoms with van der Waals surface area (Å²) in [5.74, 6) is -1.55. The molecule has 0 saturated heterocycles. The van der Waals surface area contributed by atoms with Crippen LogP contribution in [0.1, 0.15) is 41.3 Å². The highest BCUT2D eigenvalue weighted by Gasteiger charge is 2.20. The summed E-state index contributed by atoms with van der Waals surface area (Å²) in [5.41, 5.74) is 2.13. The first kappa shape index (κ1) is 20.2. The maximum absolute atomic E-state index is 12.6. The molecule has 1 unspecified atom stereocenters. The van der Waals surface area contributed by atoms with E-state index < -0.39 is 12.0 Å². The summed E-state index contributed by atoms with van der Waals surface area (Å²) in [7, 11) is 0. The fourth-order valence-corrected chi connectivity index (χ4v) is 2.79. The average molecular weight is 368 g/mol. The maximum Gasteiger partial charge on any atom is 0.335 e. The SMILES string of the molecule is CCCC(NC(=O)Cc1ccccc1)C(=O)Nc1ccc(C(=O)O)c(C)c1. The van der Waals surface area contributed by atoms with Gasteiger partial charge in [0.2, 0.25) is 11.8 Å². The van der Waals surface area contributed by atoms with Gasteiger partial charge < -0.3 is 15.7 Å². The normalized spacial score (nSPS) is 11.5. The minimum Gasteiger partial charge on any atom is -0.478 e. The smallest absolute Gasteiger partial charge is 0.335 e. The van der Waals surface area contributed by atoms with E-state index in [9.17, 15) is 14.4 Å². The van der Waals surface area contributed by atoms with Crippen LogP contribution in [-0.2, 0) is 16.0 Å². The van der Waals surface area contributed by atoms with E-state index in [0.717, 1.165) is 12.0 Å². The van der Waals surface area contributed by atoms with Crippen LogP contribution in [0.25, 0.3) is 0 Å². The van der Waals surface area contributed by atoms with Crippen LogP contribution in [0, 0.1) is 6.92 Å². The van der Waals surface area contributed by atoms with Crippen LogP contribution in [0.2, 0.25) is 0 Å². The molecule has 0 spiro atoms. The molecule has 1 atom stereocenters. The highest BCUT2D eigenvalue weighted by molar-refractivity contribution is 5.98. The first-order valence-corrected chi connectivity index (χ1v) is 8.88. The molecule has 6 nitrogen and oxygen atoms in total. The van der Waals surface area contributed by atoms with E-state index in [0.29, 0.717) is 17.7 Å². The zero-order chi connectivity index (χ0) is 19.8. The Kier molecular flexibility index (Phi) is 7.11. The van der Waals surface area contributed by atoms with Crippen molar-refractivity contribution in [2.24, 2.45) is 0 Å². The van der Waals surface area contributed by atoms with E-state index in [1.807, 2.05) is 37.3 Å². The molecule has 0 aromatic heterocycles. The Morgan fingerprint density at radius 2 is 1.78 bits per heavy atom. The lowest BCUT2D eigenvalue weighted by Crippen LogP contribution is -2.44. The first-order chi connectivity index (χ1) is 12.9. The van der Waals surface area contributed by atoms with Gasteiger partial charge in [-0.15, -0.1) is 0 Å². The quantitative estimate of drug-likeness (QED) is 0.667. The summed E-state index contributed by atoms with van der Waals surface area (Å²) >= 11 is 0. The molecule has 6 heteroatoms. The second-order valence-corrected chi connectivity index (χ2v) is 6.40. The number of carbonyl (C=O) groups is 3. The van der Waals surface area contributed by atoms with Crippen LogP contribution in [0.5, 0.6) is 0 Å². The number of anilines is 1. The summed E-state index contributed by atoms with van der Waals surface area (Å²) in [5, 5.41) is 14.6. The molecule has 0 heterocycles. The second kappa shape index (κ2) is 9.52. The van der Waals surface area contributed by atoms with Gasteiger partial charge in [0.1, 0.15) is 6.04 Å². The highest BCUT2D eigenvalue weighted by atomic mass is 16.4. The van der Waals surface area contributed by atoms with Crippen LogP contribution in [0.3, 0.4) is 0 Å². The van der Waals surface area contributed by atoms with Gasteiger partial charge in [-0.2, -0.15) is 0 Å². The third-order valence-corrected chi connectivity index (χ3v) is 4.16. The standard InChI is InChI=1S/C21H24N2O4/c1-3-7-18(23-19(24)13-15-8-5-4-6-9-15)20(25)22-16-10-11-17(21(26)27)14(2)12-16/h4-6,8-12,18H,3,7,13H2,1-2H3,(H,22,25)(H,23,24)(H,26,27). The third-order valence-electron chi connectivity index (χ3n) is 4.16. The molecule has 27 heavy (non-hydrogen) atoms. The topological polar surface area (TPSA) is 95.5 Å². The summed E-state index contributed by atoms with van der Waals surface area (Å²) in [6.45, 7) is 3.61. The van der Waals surface area contributed by atoms with Gasteiger partial charge >= 0.3 is 5.97 Å². The Bertz CT molecular complexity index is 818. The van der Waals surface area contributed by atoms with Crippen molar-refractivity contribution in [3.63, 3.8) is 0 Å². The number of aromatic carboxylic acids is 1. The predicted octanol–water partition coefficient (Wildman–Crippen LogP) is 3.16. The summed E-state index contributed by atoms with van der Waals surface area (Å²) < 4.78 is 0. The third kappa shape index (κ3) is 5.95. The number of carboxylic acids is 1. The molecule has 142 valence electrons. The number of hydrogen-bond donors (Lipinski definition) is 3. The zero-order valence-electron chi connectivity index (χ0n) is 15.5. The lowest BCUT2D eigenvalue weighted by molar-refractivity contribution is -0.126. The van der Waals surface area contributed by atoms with Crippen LogP contribution in [0.15, 0.2) is 48.5 Å². The molecular formula is C21H24N2O4. The molecule has 0 aliphatic carbocycles. The number of carbonyl (C=O) groups excluding carboxylic acids is 2. The Hall–Kier alpha value is -3.15. The summed E-state index contributed by atoms with van der Waals surface area (Å²) in [4.78, 5) is 35.9. The van der Waals surface area contributed by atoms with E-state index >= 15 is 0 Å². The molecule has 0 aliphatic rings. The molecule has 0 radical (unpaired) electrons. The highest BCUT2D eigenvalue weighted by Crippen LogP contribution is 2.16. The fraction of sp³-hybridized carbons (Fsp3) is 0.286. The number of amides is 2. The Morgan fingerprint density at radius 3 is 2.37 bits per heavy atom. The Morgan fingerprint density at radius 1 is 1.07 bits per heavy atom. The van der Waals surface area contributed by atoms with Gasteiger partial charge in [0.25, 0.3) is 0 Å². The van der Waals surface area contributed by atoms with Crippen LogP contribution in [-0.4, -0.2) is 28.9 Å². The molecule has 2 aromatic carbocycles. The number of hydrogen-bond acceptors (Lipinski definition) is 3. The zero-order valence-corrected chi connectivity index (χ0v) is 15.5. The van der Waals surface area contributed by atoms with Crippen molar-refractivity contribution in [2.45, 2.75) is 39.2 Å². The molecule has 2 amide bonds. The largest absolute Gasteiger partial charge is 0.478 e. The maximum atomic E-state index is 12.6. The van der Waals surface area contributed by atoms with Gasteiger partial charge in [0, 0.05) is 5.69 Å². The van der Waals surface area contributed by atoms with Gasteiger partial charge in [-0.3, -0.25) is 9.59 Å². The van der Waals surface area contributed by atoms with E-state index in [1.54, 1.807) is 19.1 Å². The van der Waals surface area contributed by atoms with Crippen molar-refractivity contribution in [1.29, 1.82) is 0 Å². The van der Waals surface area contributed by atoms with Crippen LogP contribution in [0.4, 0.5) is 5.69 Å².